The second-order valence-electron chi connectivity index (χ2n) is 7.06. The van der Waals surface area contributed by atoms with Gasteiger partial charge in [-0.15, -0.1) is 0 Å². The molecule has 1 amide bonds. The van der Waals surface area contributed by atoms with Crippen LogP contribution in [0.2, 0.25) is 0 Å². The van der Waals surface area contributed by atoms with Crippen molar-refractivity contribution in [2.24, 2.45) is 11.8 Å². The van der Waals surface area contributed by atoms with E-state index in [4.69, 9.17) is 0 Å². The van der Waals surface area contributed by atoms with E-state index in [-0.39, 0.29) is 0 Å². The van der Waals surface area contributed by atoms with Crippen molar-refractivity contribution in [2.45, 2.75) is 96.4 Å². The molecular weight excluding hydrogens is 246 g/mol. The summed E-state index contributed by atoms with van der Waals surface area (Å²) in [7, 11) is 0. The zero-order chi connectivity index (χ0) is 14.2. The Labute approximate surface area is 125 Å². The van der Waals surface area contributed by atoms with Crippen molar-refractivity contribution in [1.82, 2.24) is 5.32 Å². The first-order valence-electron chi connectivity index (χ1n) is 9.10. The minimum absolute atomic E-state index is 0.319. The molecule has 2 nitrogen and oxygen atoms in total. The van der Waals surface area contributed by atoms with E-state index in [0.29, 0.717) is 17.9 Å². The summed E-state index contributed by atoms with van der Waals surface area (Å²) >= 11 is 0. The summed E-state index contributed by atoms with van der Waals surface area (Å²) in [6, 6.07) is 0.485. The number of hydrogen-bond donors (Lipinski definition) is 1. The molecule has 0 heterocycles. The maximum absolute atomic E-state index is 12.3. The number of unbranched alkanes of at least 4 members (excludes halogenated alkanes) is 2. The molecule has 0 spiro atoms. The molecule has 0 radical (unpaired) electrons. The van der Waals surface area contributed by atoms with Gasteiger partial charge in [-0.05, 0) is 44.4 Å². The monoisotopic (exact) mass is 279 g/mol. The maximum Gasteiger partial charge on any atom is 0.223 e. The van der Waals surface area contributed by atoms with Gasteiger partial charge in [0, 0.05) is 12.0 Å². The average Bonchev–Trinajstić information content (AvgIpc) is 2.49. The first kappa shape index (κ1) is 15.9. The van der Waals surface area contributed by atoms with Crippen molar-refractivity contribution >= 4 is 5.91 Å². The van der Waals surface area contributed by atoms with Gasteiger partial charge in [0.25, 0.3) is 0 Å². The Kier molecular flexibility index (Phi) is 6.89. The van der Waals surface area contributed by atoms with Crippen LogP contribution in [0.3, 0.4) is 0 Å². The van der Waals surface area contributed by atoms with Gasteiger partial charge in [0.1, 0.15) is 0 Å². The van der Waals surface area contributed by atoms with Gasteiger partial charge >= 0.3 is 0 Å². The zero-order valence-corrected chi connectivity index (χ0v) is 13.3. The first-order chi connectivity index (χ1) is 9.79. The smallest absolute Gasteiger partial charge is 0.223 e. The van der Waals surface area contributed by atoms with Crippen molar-refractivity contribution in [2.75, 3.05) is 0 Å². The molecule has 0 atom stereocenters. The predicted molar refractivity (Wildman–Crippen MR) is 84.6 cm³/mol. The Bertz CT molecular complexity index is 275. The summed E-state index contributed by atoms with van der Waals surface area (Å²) in [5.41, 5.74) is 0. The molecule has 1 N–H and O–H groups in total. The highest BCUT2D eigenvalue weighted by atomic mass is 16.1. The van der Waals surface area contributed by atoms with Gasteiger partial charge in [-0.3, -0.25) is 4.79 Å². The van der Waals surface area contributed by atoms with Crippen LogP contribution in [0.5, 0.6) is 0 Å². The quantitative estimate of drug-likeness (QED) is 0.694. The highest BCUT2D eigenvalue weighted by Gasteiger charge is 2.27. The summed E-state index contributed by atoms with van der Waals surface area (Å²) in [6.07, 6.45) is 16.7. The zero-order valence-electron chi connectivity index (χ0n) is 13.3. The molecule has 0 bridgehead atoms. The Morgan fingerprint density at radius 2 is 1.65 bits per heavy atom. The first-order valence-corrected chi connectivity index (χ1v) is 9.10. The fraction of sp³-hybridized carbons (Fsp3) is 0.944. The van der Waals surface area contributed by atoms with Gasteiger partial charge in [-0.25, -0.2) is 0 Å². The van der Waals surface area contributed by atoms with E-state index >= 15 is 0 Å². The van der Waals surface area contributed by atoms with E-state index in [1.54, 1.807) is 0 Å². The number of nitrogens with one attached hydrogen (secondary N) is 1. The number of amides is 1. The minimum Gasteiger partial charge on any atom is -0.353 e. The molecule has 2 fully saturated rings. The van der Waals surface area contributed by atoms with Gasteiger partial charge in [-0.1, -0.05) is 51.9 Å². The van der Waals surface area contributed by atoms with Gasteiger partial charge in [0.2, 0.25) is 5.91 Å². The van der Waals surface area contributed by atoms with E-state index in [9.17, 15) is 4.79 Å². The van der Waals surface area contributed by atoms with Crippen LogP contribution < -0.4 is 5.32 Å². The molecule has 0 unspecified atom stereocenters. The van der Waals surface area contributed by atoms with Crippen molar-refractivity contribution in [3.63, 3.8) is 0 Å². The lowest BCUT2D eigenvalue weighted by Gasteiger charge is -2.30. The summed E-state index contributed by atoms with van der Waals surface area (Å²) in [5.74, 6) is 1.59. The van der Waals surface area contributed by atoms with Crippen LogP contribution in [0.25, 0.3) is 0 Å². The second kappa shape index (κ2) is 8.69. The third-order valence-corrected chi connectivity index (χ3v) is 5.39. The molecule has 2 heteroatoms. The fourth-order valence-electron chi connectivity index (χ4n) is 3.96. The molecular formula is C18H33NO. The largest absolute Gasteiger partial charge is 0.353 e. The van der Waals surface area contributed by atoms with Gasteiger partial charge < -0.3 is 5.32 Å². The van der Waals surface area contributed by atoms with Crippen LogP contribution in [-0.4, -0.2) is 11.9 Å². The van der Waals surface area contributed by atoms with Crippen LogP contribution in [0.15, 0.2) is 0 Å². The minimum atomic E-state index is 0.319. The number of carbonyl (C=O) groups is 1. The van der Waals surface area contributed by atoms with Crippen LogP contribution in [0.4, 0.5) is 0 Å². The van der Waals surface area contributed by atoms with E-state index < -0.39 is 0 Å². The molecule has 2 saturated carbocycles. The van der Waals surface area contributed by atoms with Crippen LogP contribution in [-0.2, 0) is 4.79 Å². The number of rotatable bonds is 6. The normalized spacial score (nSPS) is 28.2. The maximum atomic E-state index is 12.3. The Morgan fingerprint density at radius 3 is 2.30 bits per heavy atom. The van der Waals surface area contributed by atoms with Crippen molar-refractivity contribution < 1.29 is 4.79 Å². The highest BCUT2D eigenvalue weighted by Crippen LogP contribution is 2.32. The Balaban J connectivity index is 1.63. The van der Waals surface area contributed by atoms with Crippen LogP contribution >= 0.6 is 0 Å². The summed E-state index contributed by atoms with van der Waals surface area (Å²) in [6.45, 7) is 2.27. The molecule has 2 aliphatic carbocycles. The summed E-state index contributed by atoms with van der Waals surface area (Å²) in [4.78, 5) is 12.3. The average molecular weight is 279 g/mol. The molecule has 116 valence electrons. The third-order valence-electron chi connectivity index (χ3n) is 5.39. The van der Waals surface area contributed by atoms with Crippen LogP contribution in [0.1, 0.15) is 90.4 Å². The molecule has 0 aromatic rings. The Morgan fingerprint density at radius 1 is 0.950 bits per heavy atom. The number of carbonyl (C=O) groups excluding carboxylic acids is 1. The topological polar surface area (TPSA) is 29.1 Å². The molecule has 0 aromatic heterocycles. The van der Waals surface area contributed by atoms with Crippen molar-refractivity contribution in [1.29, 1.82) is 0 Å². The lowest BCUT2D eigenvalue weighted by Crippen LogP contribution is -2.41. The molecule has 0 aromatic carbocycles. The van der Waals surface area contributed by atoms with Gasteiger partial charge in [0.05, 0.1) is 0 Å². The van der Waals surface area contributed by atoms with Crippen molar-refractivity contribution in [3.05, 3.63) is 0 Å². The van der Waals surface area contributed by atoms with E-state index in [1.165, 1.54) is 70.6 Å². The lowest BCUT2D eigenvalue weighted by atomic mass is 9.79. The fourth-order valence-corrected chi connectivity index (χ4v) is 3.96. The number of hydrogen-bond acceptors (Lipinski definition) is 1. The molecule has 2 rings (SSSR count). The molecule has 0 aliphatic heterocycles. The SMILES string of the molecule is CCCCCC1CCC(C(=O)NC2CCCCC2)CC1. The van der Waals surface area contributed by atoms with Gasteiger partial charge in [-0.2, -0.15) is 0 Å². The van der Waals surface area contributed by atoms with Crippen molar-refractivity contribution in [3.8, 4) is 0 Å². The summed E-state index contributed by atoms with van der Waals surface area (Å²) < 4.78 is 0. The Hall–Kier alpha value is -0.530. The van der Waals surface area contributed by atoms with E-state index in [0.717, 1.165) is 18.8 Å². The summed E-state index contributed by atoms with van der Waals surface area (Å²) in [5, 5.41) is 3.32. The third kappa shape index (κ3) is 5.10. The highest BCUT2D eigenvalue weighted by molar-refractivity contribution is 5.79. The second-order valence-corrected chi connectivity index (χ2v) is 7.06. The standard InChI is InChI=1S/C18H33NO/c1-2-3-5-8-15-11-13-16(14-12-15)18(20)19-17-9-6-4-7-10-17/h15-17H,2-14H2,1H3,(H,19,20). The predicted octanol–water partition coefficient (Wildman–Crippen LogP) is 4.82. The molecule has 0 saturated heterocycles. The van der Waals surface area contributed by atoms with Crippen LogP contribution in [0, 0.1) is 11.8 Å². The molecule has 20 heavy (non-hydrogen) atoms. The molecule has 2 aliphatic rings. The van der Waals surface area contributed by atoms with Gasteiger partial charge in [0.15, 0.2) is 0 Å². The van der Waals surface area contributed by atoms with E-state index in [2.05, 4.69) is 12.2 Å². The lowest BCUT2D eigenvalue weighted by molar-refractivity contribution is -0.127. The van der Waals surface area contributed by atoms with E-state index in [1.807, 2.05) is 0 Å².